The molecule has 0 atom stereocenters. The zero-order valence-electron chi connectivity index (χ0n) is 15.1. The summed E-state index contributed by atoms with van der Waals surface area (Å²) in [6.45, 7) is 0. The van der Waals surface area contributed by atoms with Gasteiger partial charge >= 0.3 is 0 Å². The van der Waals surface area contributed by atoms with Crippen molar-refractivity contribution in [2.75, 3.05) is 0 Å². The molecule has 0 aliphatic carbocycles. The number of fused-ring (bicyclic) bond motifs is 2. The number of allylic oxidation sites excluding steroid dienone is 1. The zero-order valence-corrected chi connectivity index (χ0v) is 15.1. The molecule has 0 bridgehead atoms. The van der Waals surface area contributed by atoms with Gasteiger partial charge in [0.1, 0.15) is 22.7 Å². The molecule has 0 spiro atoms. The fourth-order valence-electron chi connectivity index (χ4n) is 3.73. The van der Waals surface area contributed by atoms with Crippen LogP contribution in [0.1, 0.15) is 15.9 Å². The lowest BCUT2D eigenvalue weighted by molar-refractivity contribution is 0.101. The maximum atomic E-state index is 12.8. The number of aryl methyl sites for hydroxylation is 1. The summed E-state index contributed by atoms with van der Waals surface area (Å²) in [5.74, 6) is 0.155. The number of hydrogen-bond acceptors (Lipinski definition) is 4. The van der Waals surface area contributed by atoms with E-state index in [1.54, 1.807) is 24.4 Å². The molecule has 2 aromatic heterocycles. The lowest BCUT2D eigenvalue weighted by Gasteiger charge is -2.06. The van der Waals surface area contributed by atoms with Crippen molar-refractivity contribution in [2.24, 2.45) is 7.05 Å². The number of benzene rings is 2. The van der Waals surface area contributed by atoms with Gasteiger partial charge in [-0.15, -0.1) is 0 Å². The van der Waals surface area contributed by atoms with Crippen LogP contribution in [0.4, 0.5) is 0 Å². The van der Waals surface area contributed by atoms with E-state index in [1.807, 2.05) is 54.1 Å². The number of carbonyl (C=O) groups is 1. The minimum atomic E-state index is -0.326. The molecule has 1 aliphatic heterocycles. The molecule has 0 fully saturated rings. The Balaban J connectivity index is 1.76. The van der Waals surface area contributed by atoms with Crippen molar-refractivity contribution in [1.29, 1.82) is 0 Å². The average molecular weight is 368 g/mol. The number of pyridine rings is 1. The van der Waals surface area contributed by atoms with Crippen LogP contribution in [0, 0.1) is 0 Å². The summed E-state index contributed by atoms with van der Waals surface area (Å²) in [5, 5.41) is 11.0. The van der Waals surface area contributed by atoms with Crippen molar-refractivity contribution in [3.63, 3.8) is 0 Å². The molecule has 4 aromatic rings. The van der Waals surface area contributed by atoms with Gasteiger partial charge < -0.3 is 14.4 Å². The van der Waals surface area contributed by atoms with Crippen LogP contribution in [0.25, 0.3) is 28.4 Å². The SMILES string of the molecule is Cn1c(-c2ccccc2)c(C=C2Oc3cccc(O)c3C2=O)c2cccnc21. The lowest BCUT2D eigenvalue weighted by Crippen LogP contribution is -1.99. The first kappa shape index (κ1) is 16.3. The first-order valence-corrected chi connectivity index (χ1v) is 8.90. The Morgan fingerprint density at radius 2 is 1.86 bits per heavy atom. The monoisotopic (exact) mass is 368 g/mol. The normalized spacial score (nSPS) is 14.5. The van der Waals surface area contributed by atoms with Crippen LogP contribution in [0.5, 0.6) is 11.5 Å². The van der Waals surface area contributed by atoms with Gasteiger partial charge in [-0.25, -0.2) is 4.98 Å². The fraction of sp³-hybridized carbons (Fsp3) is 0.0435. The van der Waals surface area contributed by atoms with Crippen molar-refractivity contribution in [3.8, 4) is 22.8 Å². The largest absolute Gasteiger partial charge is 0.507 e. The average Bonchev–Trinajstić information content (AvgIpc) is 3.19. The second-order valence-electron chi connectivity index (χ2n) is 6.65. The summed E-state index contributed by atoms with van der Waals surface area (Å²) >= 11 is 0. The van der Waals surface area contributed by atoms with E-state index >= 15 is 0 Å². The number of rotatable bonds is 2. The molecule has 0 unspecified atom stereocenters. The summed E-state index contributed by atoms with van der Waals surface area (Å²) < 4.78 is 7.79. The standard InChI is InChI=1S/C23H16N2O3/c1-25-21(14-7-3-2-4-8-14)16(15-9-6-12-24-23(15)25)13-19-22(27)20-17(26)10-5-11-18(20)28-19/h2-13,26H,1H3. The summed E-state index contributed by atoms with van der Waals surface area (Å²) in [5.41, 5.74) is 3.83. The van der Waals surface area contributed by atoms with Gasteiger partial charge in [0.05, 0.1) is 5.69 Å². The molecule has 136 valence electrons. The predicted molar refractivity (Wildman–Crippen MR) is 107 cm³/mol. The maximum absolute atomic E-state index is 12.8. The van der Waals surface area contributed by atoms with Gasteiger partial charge in [0.2, 0.25) is 5.78 Å². The van der Waals surface area contributed by atoms with E-state index in [9.17, 15) is 9.90 Å². The van der Waals surface area contributed by atoms with Gasteiger partial charge in [-0.1, -0.05) is 36.4 Å². The first-order valence-electron chi connectivity index (χ1n) is 8.90. The number of hydrogen-bond donors (Lipinski definition) is 1. The first-order chi connectivity index (χ1) is 13.6. The molecule has 28 heavy (non-hydrogen) atoms. The van der Waals surface area contributed by atoms with E-state index in [2.05, 4.69) is 4.98 Å². The summed E-state index contributed by atoms with van der Waals surface area (Å²) in [6.07, 6.45) is 3.49. The van der Waals surface area contributed by atoms with Crippen molar-refractivity contribution in [2.45, 2.75) is 0 Å². The molecule has 5 heteroatoms. The van der Waals surface area contributed by atoms with E-state index in [4.69, 9.17) is 4.74 Å². The highest BCUT2D eigenvalue weighted by Crippen LogP contribution is 2.39. The second kappa shape index (κ2) is 6.09. The summed E-state index contributed by atoms with van der Waals surface area (Å²) in [4.78, 5) is 17.3. The van der Waals surface area contributed by atoms with Crippen molar-refractivity contribution in [1.82, 2.24) is 9.55 Å². The van der Waals surface area contributed by atoms with Crippen LogP contribution in [0.2, 0.25) is 0 Å². The number of phenols is 1. The molecular formula is C23H16N2O3. The Morgan fingerprint density at radius 3 is 2.64 bits per heavy atom. The van der Waals surface area contributed by atoms with Crippen LogP contribution in [0.3, 0.4) is 0 Å². The second-order valence-corrected chi connectivity index (χ2v) is 6.65. The third kappa shape index (κ3) is 2.33. The minimum Gasteiger partial charge on any atom is -0.507 e. The molecule has 0 saturated carbocycles. The molecular weight excluding hydrogens is 352 g/mol. The molecule has 0 saturated heterocycles. The molecule has 1 N–H and O–H groups in total. The lowest BCUT2D eigenvalue weighted by atomic mass is 10.0. The molecule has 3 heterocycles. The van der Waals surface area contributed by atoms with Gasteiger partial charge in [-0.3, -0.25) is 4.79 Å². The number of nitrogens with zero attached hydrogens (tertiary/aromatic N) is 2. The Labute approximate surface area is 161 Å². The molecule has 0 amide bonds. The third-order valence-corrected chi connectivity index (χ3v) is 4.98. The number of aromatic hydroxyl groups is 1. The summed E-state index contributed by atoms with van der Waals surface area (Å²) in [6, 6.07) is 18.6. The number of phenolic OH excluding ortho intramolecular Hbond substituents is 1. The summed E-state index contributed by atoms with van der Waals surface area (Å²) in [7, 11) is 1.96. The molecule has 1 aliphatic rings. The van der Waals surface area contributed by atoms with Crippen LogP contribution >= 0.6 is 0 Å². The highest BCUT2D eigenvalue weighted by Gasteiger charge is 2.31. The van der Waals surface area contributed by atoms with E-state index < -0.39 is 0 Å². The highest BCUT2D eigenvalue weighted by molar-refractivity contribution is 6.17. The van der Waals surface area contributed by atoms with Gasteiger partial charge in [-0.05, 0) is 35.9 Å². The molecule has 0 radical (unpaired) electrons. The quantitative estimate of drug-likeness (QED) is 0.527. The van der Waals surface area contributed by atoms with Crippen LogP contribution in [-0.2, 0) is 7.05 Å². The Morgan fingerprint density at radius 1 is 1.04 bits per heavy atom. The number of ketones is 1. The Hall–Kier alpha value is -3.86. The number of aromatic nitrogens is 2. The van der Waals surface area contributed by atoms with Gasteiger partial charge in [0, 0.05) is 24.2 Å². The van der Waals surface area contributed by atoms with Gasteiger partial charge in [-0.2, -0.15) is 0 Å². The van der Waals surface area contributed by atoms with E-state index in [-0.39, 0.29) is 22.9 Å². The van der Waals surface area contributed by atoms with Crippen LogP contribution in [0.15, 0.2) is 72.6 Å². The van der Waals surface area contributed by atoms with Crippen molar-refractivity contribution >= 4 is 22.9 Å². The van der Waals surface area contributed by atoms with Gasteiger partial charge in [0.25, 0.3) is 0 Å². The van der Waals surface area contributed by atoms with Crippen molar-refractivity contribution in [3.05, 3.63) is 83.7 Å². The van der Waals surface area contributed by atoms with Gasteiger partial charge in [0.15, 0.2) is 5.76 Å². The van der Waals surface area contributed by atoms with E-state index in [0.717, 1.165) is 27.9 Å². The maximum Gasteiger partial charge on any atom is 0.235 e. The minimum absolute atomic E-state index is 0.0752. The Bertz CT molecular complexity index is 1270. The fourth-order valence-corrected chi connectivity index (χ4v) is 3.73. The predicted octanol–water partition coefficient (Wildman–Crippen LogP) is 4.56. The van der Waals surface area contributed by atoms with Crippen LogP contribution in [-0.4, -0.2) is 20.4 Å². The van der Waals surface area contributed by atoms with E-state index in [0.29, 0.717) is 5.75 Å². The van der Waals surface area contributed by atoms with Crippen molar-refractivity contribution < 1.29 is 14.6 Å². The molecule has 5 nitrogen and oxygen atoms in total. The molecule has 5 rings (SSSR count). The number of Topliss-reactive ketones (excluding diaryl/α,β-unsaturated/α-hetero) is 1. The Kier molecular flexibility index (Phi) is 3.55. The van der Waals surface area contributed by atoms with Crippen LogP contribution < -0.4 is 4.74 Å². The zero-order chi connectivity index (χ0) is 19.3. The topological polar surface area (TPSA) is 64.3 Å². The number of ether oxygens (including phenoxy) is 1. The smallest absolute Gasteiger partial charge is 0.235 e. The number of carbonyl (C=O) groups excluding carboxylic acids is 1. The third-order valence-electron chi connectivity index (χ3n) is 4.98. The van der Waals surface area contributed by atoms with E-state index in [1.165, 1.54) is 6.07 Å². The molecule has 2 aromatic carbocycles. The highest BCUT2D eigenvalue weighted by atomic mass is 16.5.